The summed E-state index contributed by atoms with van der Waals surface area (Å²) in [7, 11) is 0. The fourth-order valence-electron chi connectivity index (χ4n) is 6.95. The van der Waals surface area contributed by atoms with Crippen LogP contribution in [0.1, 0.15) is 78.2 Å². The first-order valence-electron chi connectivity index (χ1n) is 13.4. The average Bonchev–Trinajstić information content (AvgIpc) is 3.16. The third-order valence-electron chi connectivity index (χ3n) is 9.08. The molecule has 192 valence electrons. The standard InChI is InChI=1S/C31H44O4/c1-20(19-35-25-10-6-9-24(18-25)30(3,4)34)26-13-14-27-23(8-7-15-31(26,27)5)12-11-22-16-28(32)21(2)29(33)17-22/h6,9-12,18,20,26-29,32-34H,2,7-8,13-17,19H2,1,3-5H3/b23-12+/t20-,26?,27?,28+,29+,31?/m0/s1. The largest absolute Gasteiger partial charge is 0.493 e. The zero-order chi connectivity index (χ0) is 25.4. The Hall–Kier alpha value is -1.88. The summed E-state index contributed by atoms with van der Waals surface area (Å²) in [5.74, 6) is 2.48. The molecule has 4 heteroatoms. The Bertz CT molecular complexity index is 968. The molecule has 1 aromatic carbocycles. The van der Waals surface area contributed by atoms with Crippen LogP contribution < -0.4 is 4.74 Å². The Morgan fingerprint density at radius 3 is 2.57 bits per heavy atom. The van der Waals surface area contributed by atoms with E-state index >= 15 is 0 Å². The van der Waals surface area contributed by atoms with Gasteiger partial charge in [0.2, 0.25) is 0 Å². The van der Waals surface area contributed by atoms with E-state index in [1.54, 1.807) is 13.8 Å². The second-order valence-corrected chi connectivity index (χ2v) is 12.1. The Morgan fingerprint density at radius 2 is 1.89 bits per heavy atom. The van der Waals surface area contributed by atoms with Crippen molar-refractivity contribution < 1.29 is 20.1 Å². The summed E-state index contributed by atoms with van der Waals surface area (Å²) in [5, 5.41) is 30.7. The van der Waals surface area contributed by atoms with Crippen LogP contribution in [0.15, 0.2) is 59.7 Å². The lowest BCUT2D eigenvalue weighted by molar-refractivity contribution is 0.0727. The van der Waals surface area contributed by atoms with Gasteiger partial charge >= 0.3 is 0 Å². The minimum atomic E-state index is -0.876. The Morgan fingerprint density at radius 1 is 1.17 bits per heavy atom. The van der Waals surface area contributed by atoms with E-state index in [9.17, 15) is 15.3 Å². The van der Waals surface area contributed by atoms with Gasteiger partial charge in [0.15, 0.2) is 0 Å². The molecular weight excluding hydrogens is 436 g/mol. The van der Waals surface area contributed by atoms with E-state index in [1.807, 2.05) is 24.3 Å². The normalized spacial score (nSPS) is 33.5. The van der Waals surface area contributed by atoms with Gasteiger partial charge in [0, 0.05) is 0 Å². The van der Waals surface area contributed by atoms with E-state index in [4.69, 9.17) is 4.74 Å². The number of hydrogen-bond acceptors (Lipinski definition) is 4. The lowest BCUT2D eigenvalue weighted by Gasteiger charge is -2.44. The summed E-state index contributed by atoms with van der Waals surface area (Å²) in [5.41, 5.74) is 3.46. The van der Waals surface area contributed by atoms with Gasteiger partial charge in [0.05, 0.1) is 24.4 Å². The molecule has 4 rings (SSSR count). The van der Waals surface area contributed by atoms with Gasteiger partial charge in [-0.1, -0.05) is 55.9 Å². The molecule has 3 unspecified atom stereocenters. The Kier molecular flexibility index (Phi) is 7.66. The third-order valence-corrected chi connectivity index (χ3v) is 9.08. The van der Waals surface area contributed by atoms with Crippen LogP contribution in [0.4, 0.5) is 0 Å². The molecule has 0 heterocycles. The molecule has 0 amide bonds. The molecule has 1 aromatic rings. The van der Waals surface area contributed by atoms with Crippen LogP contribution in [-0.2, 0) is 5.60 Å². The molecule has 3 fully saturated rings. The van der Waals surface area contributed by atoms with Crippen molar-refractivity contribution >= 4 is 0 Å². The van der Waals surface area contributed by atoms with Crippen LogP contribution in [0.3, 0.4) is 0 Å². The van der Waals surface area contributed by atoms with Gasteiger partial charge in [0.1, 0.15) is 5.75 Å². The van der Waals surface area contributed by atoms with Crippen LogP contribution in [-0.4, -0.2) is 34.1 Å². The van der Waals surface area contributed by atoms with Crippen molar-refractivity contribution in [1.82, 2.24) is 0 Å². The third kappa shape index (κ3) is 5.60. The molecule has 0 saturated heterocycles. The van der Waals surface area contributed by atoms with Crippen molar-refractivity contribution in [3.63, 3.8) is 0 Å². The summed E-state index contributed by atoms with van der Waals surface area (Å²) in [4.78, 5) is 0. The molecule has 3 N–H and O–H groups in total. The molecule has 3 aliphatic rings. The van der Waals surface area contributed by atoms with Crippen molar-refractivity contribution in [2.24, 2.45) is 23.2 Å². The maximum absolute atomic E-state index is 10.3. The molecule has 4 nitrogen and oxygen atoms in total. The predicted octanol–water partition coefficient (Wildman–Crippen LogP) is 6.07. The molecule has 0 aromatic heterocycles. The van der Waals surface area contributed by atoms with E-state index in [1.165, 1.54) is 31.3 Å². The molecule has 0 radical (unpaired) electrons. The molecular formula is C31H44O4. The van der Waals surface area contributed by atoms with Gasteiger partial charge in [0.25, 0.3) is 0 Å². The first-order chi connectivity index (χ1) is 16.5. The smallest absolute Gasteiger partial charge is 0.119 e. The van der Waals surface area contributed by atoms with Gasteiger partial charge in [-0.15, -0.1) is 0 Å². The highest BCUT2D eigenvalue weighted by molar-refractivity contribution is 5.32. The molecule has 0 bridgehead atoms. The number of fused-ring (bicyclic) bond motifs is 1. The zero-order valence-electron chi connectivity index (χ0n) is 22.0. The molecule has 35 heavy (non-hydrogen) atoms. The molecule has 6 atom stereocenters. The summed E-state index contributed by atoms with van der Waals surface area (Å²) < 4.78 is 6.23. The minimum absolute atomic E-state index is 0.278. The highest BCUT2D eigenvalue weighted by atomic mass is 16.5. The van der Waals surface area contributed by atoms with Crippen molar-refractivity contribution in [3.8, 4) is 5.75 Å². The fourth-order valence-corrected chi connectivity index (χ4v) is 6.95. The summed E-state index contributed by atoms with van der Waals surface area (Å²) in [6.07, 6.45) is 10.4. The van der Waals surface area contributed by atoms with Gasteiger partial charge in [-0.3, -0.25) is 0 Å². The highest BCUT2D eigenvalue weighted by Gasteiger charge is 2.50. The number of allylic oxidation sites excluding steroid dienone is 3. The fraction of sp³-hybridized carbons (Fsp3) is 0.613. The molecule has 0 spiro atoms. The maximum atomic E-state index is 10.3. The second-order valence-electron chi connectivity index (χ2n) is 12.1. The lowest BCUT2D eigenvalue weighted by atomic mass is 9.61. The van der Waals surface area contributed by atoms with Crippen LogP contribution in [0.5, 0.6) is 5.75 Å². The number of aliphatic hydroxyl groups excluding tert-OH is 2. The highest BCUT2D eigenvalue weighted by Crippen LogP contribution is 2.59. The number of benzene rings is 1. The van der Waals surface area contributed by atoms with E-state index in [-0.39, 0.29) is 5.41 Å². The molecule has 3 saturated carbocycles. The van der Waals surface area contributed by atoms with Crippen LogP contribution in [0.2, 0.25) is 0 Å². The van der Waals surface area contributed by atoms with Gasteiger partial charge in [-0.05, 0) is 105 Å². The summed E-state index contributed by atoms with van der Waals surface area (Å²) >= 11 is 0. The van der Waals surface area contributed by atoms with E-state index in [0.717, 1.165) is 23.3 Å². The first kappa shape index (κ1) is 26.2. The monoisotopic (exact) mass is 480 g/mol. The minimum Gasteiger partial charge on any atom is -0.493 e. The predicted molar refractivity (Wildman–Crippen MR) is 141 cm³/mol. The number of rotatable bonds is 6. The Labute approximate surface area is 211 Å². The number of ether oxygens (including phenoxy) is 1. The average molecular weight is 481 g/mol. The van der Waals surface area contributed by atoms with Gasteiger partial charge in [-0.25, -0.2) is 0 Å². The van der Waals surface area contributed by atoms with E-state index < -0.39 is 17.8 Å². The van der Waals surface area contributed by atoms with Crippen LogP contribution >= 0.6 is 0 Å². The summed E-state index contributed by atoms with van der Waals surface area (Å²) in [6, 6.07) is 7.82. The second kappa shape index (κ2) is 10.2. The molecule has 0 aliphatic heterocycles. The van der Waals surface area contributed by atoms with E-state index in [2.05, 4.69) is 32.6 Å². The van der Waals surface area contributed by atoms with Gasteiger partial charge < -0.3 is 20.1 Å². The summed E-state index contributed by atoms with van der Waals surface area (Å²) in [6.45, 7) is 12.9. The number of hydrogen-bond donors (Lipinski definition) is 3. The number of aliphatic hydroxyl groups is 3. The van der Waals surface area contributed by atoms with E-state index in [0.29, 0.717) is 42.8 Å². The first-order valence-corrected chi connectivity index (χ1v) is 13.4. The zero-order valence-corrected chi connectivity index (χ0v) is 22.0. The van der Waals surface area contributed by atoms with Crippen molar-refractivity contribution in [1.29, 1.82) is 0 Å². The van der Waals surface area contributed by atoms with Crippen LogP contribution in [0.25, 0.3) is 0 Å². The topological polar surface area (TPSA) is 69.9 Å². The molecule has 3 aliphatic carbocycles. The lowest BCUT2D eigenvalue weighted by Crippen LogP contribution is -2.37. The van der Waals surface area contributed by atoms with Crippen molar-refractivity contribution in [2.45, 2.75) is 90.4 Å². The van der Waals surface area contributed by atoms with Crippen molar-refractivity contribution in [2.75, 3.05) is 6.61 Å². The van der Waals surface area contributed by atoms with Gasteiger partial charge in [-0.2, -0.15) is 0 Å². The SMILES string of the molecule is C=C1[C@H](O)CC(=C/C=C2\CCCC3(C)C2CCC3[C@@H](C)COc2cccc(C(C)(C)O)c2)C[C@H]1O. The Balaban J connectivity index is 1.43. The maximum Gasteiger partial charge on any atom is 0.119 e. The quantitative estimate of drug-likeness (QED) is 0.432. The van der Waals surface area contributed by atoms with Crippen molar-refractivity contribution in [3.05, 3.63) is 65.3 Å². The van der Waals surface area contributed by atoms with Crippen LogP contribution in [0, 0.1) is 23.2 Å².